The summed E-state index contributed by atoms with van der Waals surface area (Å²) in [4.78, 5) is 0. The predicted octanol–water partition coefficient (Wildman–Crippen LogP) is 28.0. The minimum atomic E-state index is -0.0714. The Balaban J connectivity index is 1.16. The number of fused-ring (bicyclic) bond motifs is 9. The van der Waals surface area contributed by atoms with Gasteiger partial charge in [0.2, 0.25) is 0 Å². The smallest absolute Gasteiger partial charge is 0.0220 e. The first-order chi connectivity index (χ1) is 42.8. The lowest BCUT2D eigenvalue weighted by atomic mass is 9.64. The van der Waals surface area contributed by atoms with Gasteiger partial charge in [0.15, 0.2) is 0 Å². The Morgan fingerprint density at radius 2 is 0.494 bits per heavy atom. The second kappa shape index (κ2) is 33.4. The van der Waals surface area contributed by atoms with Gasteiger partial charge in [-0.05, 0) is 164 Å². The molecule has 3 aliphatic rings. The Morgan fingerprint density at radius 3 is 0.782 bits per heavy atom. The third kappa shape index (κ3) is 15.2. The molecule has 0 aliphatic heterocycles. The summed E-state index contributed by atoms with van der Waals surface area (Å²) in [5, 5.41) is 0. The number of hydrogen-bond donors (Lipinski definition) is 0. The van der Waals surface area contributed by atoms with Crippen LogP contribution in [-0.4, -0.2) is 0 Å². The summed E-state index contributed by atoms with van der Waals surface area (Å²) in [6.07, 6.45) is 50.1. The van der Waals surface area contributed by atoms with Gasteiger partial charge in [-0.3, -0.25) is 0 Å². The average molecular weight is 1170 g/mol. The van der Waals surface area contributed by atoms with E-state index in [9.17, 15) is 0 Å². The Bertz CT molecular complexity index is 2790. The van der Waals surface area contributed by atoms with Crippen molar-refractivity contribution in [2.24, 2.45) is 11.8 Å². The van der Waals surface area contributed by atoms with Gasteiger partial charge in [-0.25, -0.2) is 0 Å². The third-order valence-electron chi connectivity index (χ3n) is 22.8. The van der Waals surface area contributed by atoms with Gasteiger partial charge in [0, 0.05) is 16.2 Å². The van der Waals surface area contributed by atoms with E-state index < -0.39 is 0 Å². The highest BCUT2D eigenvalue weighted by Gasteiger charge is 2.47. The average Bonchev–Trinajstić information content (AvgIpc) is 1.64. The van der Waals surface area contributed by atoms with Crippen molar-refractivity contribution in [1.29, 1.82) is 0 Å². The summed E-state index contributed by atoms with van der Waals surface area (Å²) < 4.78 is 0. The van der Waals surface area contributed by atoms with Crippen LogP contribution in [0, 0.1) is 11.8 Å². The van der Waals surface area contributed by atoms with Crippen LogP contribution in [0.5, 0.6) is 0 Å². The Kier molecular flexibility index (Phi) is 25.6. The Morgan fingerprint density at radius 1 is 0.241 bits per heavy atom. The molecule has 87 heavy (non-hydrogen) atoms. The van der Waals surface area contributed by atoms with Gasteiger partial charge in [0.25, 0.3) is 0 Å². The van der Waals surface area contributed by atoms with Crippen LogP contribution in [0.15, 0.2) is 121 Å². The van der Waals surface area contributed by atoms with Crippen LogP contribution < -0.4 is 0 Å². The molecule has 0 fully saturated rings. The van der Waals surface area contributed by atoms with Crippen molar-refractivity contribution in [3.63, 3.8) is 0 Å². The molecule has 0 saturated carbocycles. The molecule has 0 nitrogen and oxygen atoms in total. The van der Waals surface area contributed by atoms with Crippen molar-refractivity contribution in [3.05, 3.63) is 155 Å². The standard InChI is InChI=1S/C87H122/c1-9-17-23-27-31-39-57-85(58-40-32-28-24-18-10-2)79-47-37-35-45-73(79)75-53-49-69(61-81(75)85)71-51-55-77-78-56-52-72(64-84(78)87(83(77)63-71,65-67(15-7)43-21-13-5)66-68(16-8)44-22-14-6)70-50-54-76-74-46-36-38-48-80(74)86(82(76)62-70,59-41-33-29-25-19-11-3)60-42-34-30-26-20-12-4/h35-38,45-56,61-64,67-68H,9-34,39-44,57-60,65-66H2,1-8H3. The molecule has 2 unspecified atom stereocenters. The molecule has 0 aromatic heterocycles. The maximum atomic E-state index is 2.78. The number of rotatable bonds is 42. The van der Waals surface area contributed by atoms with Gasteiger partial charge in [0.05, 0.1) is 0 Å². The quantitative estimate of drug-likeness (QED) is 0.0335. The minimum absolute atomic E-state index is 0.0638. The molecule has 3 aliphatic carbocycles. The Hall–Kier alpha value is -4.68. The topological polar surface area (TPSA) is 0 Å². The van der Waals surface area contributed by atoms with Gasteiger partial charge >= 0.3 is 0 Å². The molecule has 0 heterocycles. The minimum Gasteiger partial charge on any atom is -0.0654 e. The molecule has 0 bridgehead atoms. The van der Waals surface area contributed by atoms with Crippen molar-refractivity contribution in [2.45, 2.75) is 316 Å². The van der Waals surface area contributed by atoms with E-state index in [1.165, 1.54) is 300 Å². The van der Waals surface area contributed by atoms with E-state index in [1.54, 1.807) is 33.4 Å². The molecule has 6 aromatic rings. The van der Waals surface area contributed by atoms with E-state index in [1.807, 2.05) is 0 Å². The molecule has 6 aromatic carbocycles. The van der Waals surface area contributed by atoms with Crippen molar-refractivity contribution < 1.29 is 0 Å². The highest BCUT2D eigenvalue weighted by Crippen LogP contribution is 2.60. The van der Waals surface area contributed by atoms with Crippen LogP contribution in [0.4, 0.5) is 0 Å². The maximum Gasteiger partial charge on any atom is 0.0220 e. The van der Waals surface area contributed by atoms with Crippen molar-refractivity contribution in [1.82, 2.24) is 0 Å². The van der Waals surface area contributed by atoms with E-state index >= 15 is 0 Å². The van der Waals surface area contributed by atoms with Crippen molar-refractivity contribution in [3.8, 4) is 55.6 Å². The monoisotopic (exact) mass is 1170 g/mol. The van der Waals surface area contributed by atoms with Crippen LogP contribution in [0.3, 0.4) is 0 Å². The zero-order valence-corrected chi connectivity index (χ0v) is 57.1. The number of unbranched alkanes of at least 4 members (excludes halogenated alkanes) is 22. The fraction of sp³-hybridized carbons (Fsp3) is 0.586. The van der Waals surface area contributed by atoms with Gasteiger partial charge in [-0.1, -0.05) is 358 Å². The first-order valence-electron chi connectivity index (χ1n) is 37.6. The maximum absolute atomic E-state index is 2.78. The van der Waals surface area contributed by atoms with E-state index in [0.717, 1.165) is 0 Å². The molecule has 0 N–H and O–H groups in total. The highest BCUT2D eigenvalue weighted by atomic mass is 14.5. The fourth-order valence-corrected chi connectivity index (χ4v) is 17.7. The molecule has 0 amide bonds. The largest absolute Gasteiger partial charge is 0.0654 e. The van der Waals surface area contributed by atoms with E-state index in [2.05, 4.69) is 177 Å². The van der Waals surface area contributed by atoms with Crippen LogP contribution in [0.2, 0.25) is 0 Å². The number of benzene rings is 6. The zero-order valence-electron chi connectivity index (χ0n) is 57.1. The fourth-order valence-electron chi connectivity index (χ4n) is 17.7. The summed E-state index contributed by atoms with van der Waals surface area (Å²) in [7, 11) is 0. The summed E-state index contributed by atoms with van der Waals surface area (Å²) in [5.41, 5.74) is 24.5. The number of hydrogen-bond acceptors (Lipinski definition) is 0. The van der Waals surface area contributed by atoms with E-state index in [4.69, 9.17) is 0 Å². The molecular weight excluding hydrogens is 1040 g/mol. The lowest BCUT2D eigenvalue weighted by Crippen LogP contribution is -2.31. The van der Waals surface area contributed by atoms with Crippen LogP contribution >= 0.6 is 0 Å². The second-order valence-corrected chi connectivity index (χ2v) is 28.7. The van der Waals surface area contributed by atoms with Gasteiger partial charge < -0.3 is 0 Å². The van der Waals surface area contributed by atoms with Gasteiger partial charge in [0.1, 0.15) is 0 Å². The lowest BCUT2D eigenvalue weighted by molar-refractivity contribution is 0.266. The van der Waals surface area contributed by atoms with Gasteiger partial charge in [-0.15, -0.1) is 0 Å². The molecule has 2 atom stereocenters. The zero-order chi connectivity index (χ0) is 60.9. The second-order valence-electron chi connectivity index (χ2n) is 28.7. The molecular formula is C87H122. The molecule has 0 heteroatoms. The molecule has 0 saturated heterocycles. The van der Waals surface area contributed by atoms with Crippen LogP contribution in [0.1, 0.15) is 333 Å². The summed E-state index contributed by atoms with van der Waals surface area (Å²) >= 11 is 0. The van der Waals surface area contributed by atoms with Crippen LogP contribution in [0.25, 0.3) is 55.6 Å². The Labute approximate surface area is 534 Å². The SMILES string of the molecule is CCCCCCCCC1(CCCCCCCC)c2ccccc2-c2ccc(-c3ccc4c(c3)C(CC(CC)CCCC)(CC(CC)CCCC)c3cc(-c5ccc6c(c5)C(CCCCCCCC)(CCCCCCCC)c5ccccc5-6)ccc3-4)cc21. The van der Waals surface area contributed by atoms with E-state index in [-0.39, 0.29) is 16.2 Å². The normalized spacial score (nSPS) is 15.2. The van der Waals surface area contributed by atoms with E-state index in [0.29, 0.717) is 11.8 Å². The molecule has 0 radical (unpaired) electrons. The van der Waals surface area contributed by atoms with Crippen LogP contribution in [-0.2, 0) is 16.2 Å². The van der Waals surface area contributed by atoms with Crippen molar-refractivity contribution in [2.75, 3.05) is 0 Å². The highest BCUT2D eigenvalue weighted by molar-refractivity contribution is 5.89. The molecule has 470 valence electrons. The summed E-state index contributed by atoms with van der Waals surface area (Å²) in [6, 6.07) is 50.9. The lowest BCUT2D eigenvalue weighted by Gasteiger charge is -2.39. The predicted molar refractivity (Wildman–Crippen MR) is 384 cm³/mol. The molecule has 9 rings (SSSR count). The van der Waals surface area contributed by atoms with Gasteiger partial charge in [-0.2, -0.15) is 0 Å². The summed E-state index contributed by atoms with van der Waals surface area (Å²) in [6.45, 7) is 19.3. The van der Waals surface area contributed by atoms with Crippen molar-refractivity contribution >= 4 is 0 Å². The third-order valence-corrected chi connectivity index (χ3v) is 22.8. The first-order valence-corrected chi connectivity index (χ1v) is 37.6. The first kappa shape index (κ1) is 66.7. The summed E-state index contributed by atoms with van der Waals surface area (Å²) in [5.74, 6) is 1.34. The molecule has 0 spiro atoms.